The number of carbonyl (C=O) groups is 3. The molecule has 0 unspecified atom stereocenters. The lowest BCUT2D eigenvalue weighted by atomic mass is 9.85. The van der Waals surface area contributed by atoms with Gasteiger partial charge >= 0.3 is 6.03 Å². The number of piperidine rings is 1. The average molecular weight is 520 g/mol. The van der Waals surface area contributed by atoms with E-state index in [1.165, 1.54) is 41.3 Å². The first-order chi connectivity index (χ1) is 18.4. The van der Waals surface area contributed by atoms with E-state index >= 15 is 0 Å². The first-order valence-corrected chi connectivity index (χ1v) is 12.3. The summed E-state index contributed by atoms with van der Waals surface area (Å²) in [7, 11) is 0. The van der Waals surface area contributed by atoms with Gasteiger partial charge in [-0.2, -0.15) is 0 Å². The summed E-state index contributed by atoms with van der Waals surface area (Å²) in [5.41, 5.74) is 0.448. The molecule has 0 aromatic heterocycles. The van der Waals surface area contributed by atoms with Gasteiger partial charge in [0.05, 0.1) is 12.4 Å². The highest BCUT2D eigenvalue weighted by molar-refractivity contribution is 5.99. The Morgan fingerprint density at radius 3 is 2.18 bits per heavy atom. The van der Waals surface area contributed by atoms with Crippen molar-refractivity contribution in [3.8, 4) is 0 Å². The highest BCUT2D eigenvalue weighted by Crippen LogP contribution is 2.39. The number of benzene rings is 3. The molecule has 2 aliphatic heterocycles. The van der Waals surface area contributed by atoms with Crippen LogP contribution in [-0.4, -0.2) is 59.5 Å². The van der Waals surface area contributed by atoms with E-state index in [9.17, 15) is 23.2 Å². The van der Waals surface area contributed by atoms with Gasteiger partial charge in [0, 0.05) is 24.5 Å². The van der Waals surface area contributed by atoms with Gasteiger partial charge < -0.3 is 25.3 Å². The van der Waals surface area contributed by atoms with Gasteiger partial charge in [-0.1, -0.05) is 30.3 Å². The Balaban J connectivity index is 1.30. The molecule has 2 N–H and O–H groups in total. The fourth-order valence-electron chi connectivity index (χ4n) is 5.07. The van der Waals surface area contributed by atoms with Crippen molar-refractivity contribution in [1.29, 1.82) is 0 Å². The second-order valence-corrected chi connectivity index (χ2v) is 9.39. The molecule has 0 atom stereocenters. The average Bonchev–Trinajstić information content (AvgIpc) is 3.18. The summed E-state index contributed by atoms with van der Waals surface area (Å²) in [6, 6.07) is 20.4. The molecular weight excluding hydrogens is 492 g/mol. The second-order valence-electron chi connectivity index (χ2n) is 9.39. The van der Waals surface area contributed by atoms with Crippen molar-refractivity contribution in [1.82, 2.24) is 9.80 Å². The summed E-state index contributed by atoms with van der Waals surface area (Å²) >= 11 is 0. The Kier molecular flexibility index (Phi) is 6.95. The molecule has 3 aromatic carbocycles. The summed E-state index contributed by atoms with van der Waals surface area (Å²) < 4.78 is 27.2. The number of hydrogen-bond donors (Lipinski definition) is 2. The van der Waals surface area contributed by atoms with Crippen LogP contribution in [0.25, 0.3) is 0 Å². The van der Waals surface area contributed by atoms with E-state index in [1.807, 2.05) is 35.2 Å². The molecule has 2 fully saturated rings. The predicted molar refractivity (Wildman–Crippen MR) is 139 cm³/mol. The lowest BCUT2D eigenvalue weighted by molar-refractivity contribution is -0.136. The molecule has 0 saturated carbocycles. The number of rotatable bonds is 5. The van der Waals surface area contributed by atoms with E-state index in [0.29, 0.717) is 18.5 Å². The number of hydrogen-bond acceptors (Lipinski definition) is 4. The number of amides is 4. The molecule has 8 nitrogen and oxygen atoms in total. The number of anilines is 3. The summed E-state index contributed by atoms with van der Waals surface area (Å²) in [5, 5.41) is 5.30. The van der Waals surface area contributed by atoms with Crippen molar-refractivity contribution in [3.63, 3.8) is 0 Å². The zero-order chi connectivity index (χ0) is 26.7. The molecule has 2 saturated heterocycles. The van der Waals surface area contributed by atoms with Crippen LogP contribution in [0.15, 0.2) is 78.9 Å². The normalized spacial score (nSPS) is 16.6. The lowest BCUT2D eigenvalue weighted by Gasteiger charge is -2.43. The van der Waals surface area contributed by atoms with Gasteiger partial charge in [0.2, 0.25) is 5.91 Å². The van der Waals surface area contributed by atoms with Crippen molar-refractivity contribution >= 4 is 34.9 Å². The topological polar surface area (TPSA) is 85.0 Å². The van der Waals surface area contributed by atoms with Crippen molar-refractivity contribution in [3.05, 3.63) is 90.5 Å². The minimum atomic E-state index is -0.924. The van der Waals surface area contributed by atoms with Crippen LogP contribution in [0.2, 0.25) is 0 Å². The van der Waals surface area contributed by atoms with Crippen LogP contribution in [0.1, 0.15) is 12.8 Å². The third-order valence-electron chi connectivity index (χ3n) is 7.04. The van der Waals surface area contributed by atoms with Crippen LogP contribution in [-0.2, 0) is 9.59 Å². The first kappa shape index (κ1) is 25.2. The Hall–Kier alpha value is -4.47. The van der Waals surface area contributed by atoms with E-state index in [2.05, 4.69) is 10.6 Å². The fraction of sp³-hybridized carbons (Fsp3) is 0.250. The minimum Gasteiger partial charge on any atom is -0.339 e. The maximum Gasteiger partial charge on any atom is 0.321 e. The molecule has 5 rings (SSSR count). The Morgan fingerprint density at radius 1 is 0.842 bits per heavy atom. The Labute approximate surface area is 218 Å². The molecule has 196 valence electrons. The van der Waals surface area contributed by atoms with Crippen molar-refractivity contribution in [2.45, 2.75) is 18.4 Å². The highest BCUT2D eigenvalue weighted by Gasteiger charge is 2.54. The predicted octanol–water partition coefficient (Wildman–Crippen LogP) is 4.28. The molecule has 1 spiro atoms. The van der Waals surface area contributed by atoms with E-state index in [-0.39, 0.29) is 37.9 Å². The van der Waals surface area contributed by atoms with Gasteiger partial charge in [0.25, 0.3) is 5.91 Å². The van der Waals surface area contributed by atoms with Crippen LogP contribution in [0, 0.1) is 11.6 Å². The molecule has 10 heteroatoms. The fourth-order valence-corrected chi connectivity index (χ4v) is 5.07. The van der Waals surface area contributed by atoms with E-state index in [0.717, 1.165) is 5.69 Å². The molecular formula is C28H27F2N5O3. The molecule has 3 aromatic rings. The molecule has 0 bridgehead atoms. The van der Waals surface area contributed by atoms with Crippen LogP contribution in [0.3, 0.4) is 0 Å². The Bertz CT molecular complexity index is 1330. The standard InChI is InChI=1S/C28H27F2N5O3/c29-20-10-12-21(13-11-20)31-25(36)18-34-19-35(22-6-2-1-3-7-22)28(26(34)37)14-16-33(17-15-28)27(38)32-24-9-5-4-8-23(24)30/h1-13H,14-19H2,(H,31,36)(H,32,38). The summed E-state index contributed by atoms with van der Waals surface area (Å²) in [5.74, 6) is -1.52. The monoisotopic (exact) mass is 519 g/mol. The largest absolute Gasteiger partial charge is 0.339 e. The van der Waals surface area contributed by atoms with Crippen LogP contribution >= 0.6 is 0 Å². The number of halogens is 2. The van der Waals surface area contributed by atoms with Crippen molar-refractivity contribution in [2.24, 2.45) is 0 Å². The van der Waals surface area contributed by atoms with Crippen LogP contribution < -0.4 is 15.5 Å². The zero-order valence-electron chi connectivity index (χ0n) is 20.6. The van der Waals surface area contributed by atoms with Crippen LogP contribution in [0.5, 0.6) is 0 Å². The maximum absolute atomic E-state index is 14.0. The van der Waals surface area contributed by atoms with Gasteiger partial charge in [-0.25, -0.2) is 13.6 Å². The van der Waals surface area contributed by atoms with Crippen molar-refractivity contribution < 1.29 is 23.2 Å². The smallest absolute Gasteiger partial charge is 0.321 e. The summed E-state index contributed by atoms with van der Waals surface area (Å²) in [6.07, 6.45) is 0.697. The molecule has 2 heterocycles. The highest BCUT2D eigenvalue weighted by atomic mass is 19.1. The van der Waals surface area contributed by atoms with Gasteiger partial charge in [-0.15, -0.1) is 0 Å². The maximum atomic E-state index is 14.0. The number of para-hydroxylation sites is 2. The quantitative estimate of drug-likeness (QED) is 0.527. The Morgan fingerprint density at radius 2 is 1.50 bits per heavy atom. The van der Waals surface area contributed by atoms with E-state index < -0.39 is 29.1 Å². The van der Waals surface area contributed by atoms with Gasteiger partial charge in [0.15, 0.2) is 0 Å². The lowest BCUT2D eigenvalue weighted by Crippen LogP contribution is -2.58. The van der Waals surface area contributed by atoms with E-state index in [1.54, 1.807) is 17.0 Å². The molecule has 4 amide bonds. The molecule has 0 aliphatic carbocycles. The first-order valence-electron chi connectivity index (χ1n) is 12.3. The van der Waals surface area contributed by atoms with Gasteiger partial charge in [0.1, 0.15) is 23.7 Å². The number of nitrogens with zero attached hydrogens (tertiary/aromatic N) is 3. The summed E-state index contributed by atoms with van der Waals surface area (Å²) in [4.78, 5) is 44.4. The minimum absolute atomic E-state index is 0.0963. The van der Waals surface area contributed by atoms with Gasteiger partial charge in [-0.05, 0) is 61.4 Å². The van der Waals surface area contributed by atoms with Crippen molar-refractivity contribution in [2.75, 3.05) is 41.8 Å². The molecule has 38 heavy (non-hydrogen) atoms. The third kappa shape index (κ3) is 5.02. The number of likely N-dealkylation sites (tertiary alicyclic amines) is 1. The van der Waals surface area contributed by atoms with Crippen LogP contribution in [0.4, 0.5) is 30.6 Å². The molecule has 0 radical (unpaired) electrons. The van der Waals surface area contributed by atoms with E-state index in [4.69, 9.17) is 0 Å². The molecule has 2 aliphatic rings. The number of urea groups is 1. The zero-order valence-corrected chi connectivity index (χ0v) is 20.6. The second kappa shape index (κ2) is 10.5. The van der Waals surface area contributed by atoms with Gasteiger partial charge in [-0.3, -0.25) is 9.59 Å². The summed E-state index contributed by atoms with van der Waals surface area (Å²) in [6.45, 7) is 0.607. The SMILES string of the molecule is O=C(CN1CN(c2ccccc2)C2(CCN(C(=O)Nc3ccccc3F)CC2)C1=O)Nc1ccc(F)cc1. The number of nitrogens with one attached hydrogen (secondary N) is 2. The number of carbonyl (C=O) groups excluding carboxylic acids is 3. The third-order valence-corrected chi connectivity index (χ3v) is 7.04.